The van der Waals surface area contributed by atoms with Gasteiger partial charge in [0.15, 0.2) is 0 Å². The van der Waals surface area contributed by atoms with Gasteiger partial charge in [-0.3, -0.25) is 4.79 Å². The van der Waals surface area contributed by atoms with Gasteiger partial charge in [0.1, 0.15) is 0 Å². The van der Waals surface area contributed by atoms with E-state index in [0.717, 1.165) is 43.9 Å². The van der Waals surface area contributed by atoms with Crippen molar-refractivity contribution in [2.24, 2.45) is 0 Å². The fourth-order valence-electron chi connectivity index (χ4n) is 3.54. The maximum Gasteiger partial charge on any atom is 0.259 e. The SMILES string of the molecule is O=C(c1ccsc1)N1CC2(CCOCC2)c2ccccc21. The van der Waals surface area contributed by atoms with E-state index in [9.17, 15) is 4.79 Å². The van der Waals surface area contributed by atoms with Crippen molar-refractivity contribution in [1.29, 1.82) is 0 Å². The molecule has 4 heteroatoms. The Morgan fingerprint density at radius 3 is 2.76 bits per heavy atom. The molecule has 2 aromatic rings. The van der Waals surface area contributed by atoms with Crippen LogP contribution in [0.25, 0.3) is 0 Å². The highest BCUT2D eigenvalue weighted by Gasteiger charge is 2.45. The van der Waals surface area contributed by atoms with Crippen LogP contribution in [0.2, 0.25) is 0 Å². The zero-order valence-electron chi connectivity index (χ0n) is 11.7. The number of hydrogen-bond acceptors (Lipinski definition) is 3. The minimum atomic E-state index is 0.0839. The van der Waals surface area contributed by atoms with Crippen molar-refractivity contribution in [2.45, 2.75) is 18.3 Å². The van der Waals surface area contributed by atoms with E-state index in [4.69, 9.17) is 4.74 Å². The molecule has 4 rings (SSSR count). The largest absolute Gasteiger partial charge is 0.381 e. The van der Waals surface area contributed by atoms with E-state index in [-0.39, 0.29) is 11.3 Å². The highest BCUT2D eigenvalue weighted by atomic mass is 32.1. The van der Waals surface area contributed by atoms with Crippen molar-refractivity contribution in [3.05, 3.63) is 52.2 Å². The topological polar surface area (TPSA) is 29.5 Å². The number of benzene rings is 1. The first-order valence-corrected chi connectivity index (χ1v) is 8.26. The Kier molecular flexibility index (Phi) is 3.08. The van der Waals surface area contributed by atoms with Crippen LogP contribution in [-0.4, -0.2) is 25.7 Å². The van der Waals surface area contributed by atoms with Crippen LogP contribution < -0.4 is 4.90 Å². The number of nitrogens with zero attached hydrogens (tertiary/aromatic N) is 1. The van der Waals surface area contributed by atoms with Gasteiger partial charge >= 0.3 is 0 Å². The first kappa shape index (κ1) is 13.0. The number of carbonyl (C=O) groups excluding carboxylic acids is 1. The summed E-state index contributed by atoms with van der Waals surface area (Å²) in [5.74, 6) is 0.118. The Balaban J connectivity index is 1.76. The van der Waals surface area contributed by atoms with Crippen LogP contribution in [0, 0.1) is 0 Å². The number of carbonyl (C=O) groups is 1. The molecule has 0 unspecified atom stereocenters. The Bertz CT molecular complexity index is 659. The zero-order chi connectivity index (χ0) is 14.3. The number of thiophene rings is 1. The molecule has 3 heterocycles. The summed E-state index contributed by atoms with van der Waals surface area (Å²) in [7, 11) is 0. The van der Waals surface area contributed by atoms with E-state index in [0.29, 0.717) is 0 Å². The van der Waals surface area contributed by atoms with Crippen LogP contribution in [-0.2, 0) is 10.2 Å². The third-order valence-electron chi connectivity index (χ3n) is 4.69. The normalized spacial score (nSPS) is 19.7. The van der Waals surface area contributed by atoms with Gasteiger partial charge in [-0.05, 0) is 35.9 Å². The Labute approximate surface area is 128 Å². The van der Waals surface area contributed by atoms with E-state index >= 15 is 0 Å². The molecule has 1 saturated heterocycles. The van der Waals surface area contributed by atoms with E-state index in [2.05, 4.69) is 18.2 Å². The summed E-state index contributed by atoms with van der Waals surface area (Å²) in [4.78, 5) is 14.8. The highest BCUT2D eigenvalue weighted by Crippen LogP contribution is 2.46. The van der Waals surface area contributed by atoms with Gasteiger partial charge in [0.2, 0.25) is 0 Å². The maximum absolute atomic E-state index is 12.8. The van der Waals surface area contributed by atoms with Crippen LogP contribution in [0.3, 0.4) is 0 Å². The summed E-state index contributed by atoms with van der Waals surface area (Å²) >= 11 is 1.57. The molecule has 0 aliphatic carbocycles. The maximum atomic E-state index is 12.8. The molecule has 3 nitrogen and oxygen atoms in total. The number of fused-ring (bicyclic) bond motifs is 2. The Hall–Kier alpha value is -1.65. The molecule has 1 fully saturated rings. The molecule has 0 saturated carbocycles. The summed E-state index contributed by atoms with van der Waals surface area (Å²) in [6.07, 6.45) is 1.99. The molecule has 0 atom stereocenters. The van der Waals surface area contributed by atoms with Gasteiger partial charge < -0.3 is 9.64 Å². The van der Waals surface area contributed by atoms with Gasteiger partial charge in [-0.25, -0.2) is 0 Å². The smallest absolute Gasteiger partial charge is 0.259 e. The molecule has 108 valence electrons. The molecule has 1 aromatic heterocycles. The van der Waals surface area contributed by atoms with E-state index < -0.39 is 0 Å². The van der Waals surface area contributed by atoms with Crippen molar-refractivity contribution in [1.82, 2.24) is 0 Å². The van der Waals surface area contributed by atoms with Crippen molar-refractivity contribution in [2.75, 3.05) is 24.7 Å². The predicted molar refractivity (Wildman–Crippen MR) is 84.2 cm³/mol. The molecule has 0 N–H and O–H groups in total. The van der Waals surface area contributed by atoms with Gasteiger partial charge in [0, 0.05) is 36.2 Å². The lowest BCUT2D eigenvalue weighted by Gasteiger charge is -2.34. The first-order valence-electron chi connectivity index (χ1n) is 7.32. The van der Waals surface area contributed by atoms with Crippen LogP contribution >= 0.6 is 11.3 Å². The molecular formula is C17H17NO2S. The number of rotatable bonds is 1. The van der Waals surface area contributed by atoms with E-state index in [1.54, 1.807) is 11.3 Å². The van der Waals surface area contributed by atoms with Crippen LogP contribution in [0.5, 0.6) is 0 Å². The first-order chi connectivity index (χ1) is 10.3. The molecule has 1 spiro atoms. The summed E-state index contributed by atoms with van der Waals surface area (Å²) in [5.41, 5.74) is 3.27. The van der Waals surface area contributed by atoms with Crippen molar-refractivity contribution in [3.8, 4) is 0 Å². The molecule has 0 radical (unpaired) electrons. The lowest BCUT2D eigenvalue weighted by Crippen LogP contribution is -2.40. The molecular weight excluding hydrogens is 282 g/mol. The number of para-hydroxylation sites is 1. The Morgan fingerprint density at radius 1 is 1.19 bits per heavy atom. The minimum absolute atomic E-state index is 0.0839. The van der Waals surface area contributed by atoms with Crippen LogP contribution in [0.1, 0.15) is 28.8 Å². The molecule has 21 heavy (non-hydrogen) atoms. The zero-order valence-corrected chi connectivity index (χ0v) is 12.6. The fourth-order valence-corrected chi connectivity index (χ4v) is 4.17. The third kappa shape index (κ3) is 2.01. The number of hydrogen-bond donors (Lipinski definition) is 0. The third-order valence-corrected chi connectivity index (χ3v) is 5.37. The minimum Gasteiger partial charge on any atom is -0.381 e. The second-order valence-electron chi connectivity index (χ2n) is 5.81. The van der Waals surface area contributed by atoms with Crippen molar-refractivity contribution in [3.63, 3.8) is 0 Å². The molecule has 1 aromatic carbocycles. The molecule has 1 amide bonds. The summed E-state index contributed by atoms with van der Waals surface area (Å²) in [5, 5.41) is 3.89. The molecule has 2 aliphatic rings. The summed E-state index contributed by atoms with van der Waals surface area (Å²) in [6, 6.07) is 10.3. The van der Waals surface area contributed by atoms with Crippen LogP contribution in [0.4, 0.5) is 5.69 Å². The molecule has 2 aliphatic heterocycles. The van der Waals surface area contributed by atoms with Crippen molar-refractivity contribution >= 4 is 22.9 Å². The van der Waals surface area contributed by atoms with Crippen LogP contribution in [0.15, 0.2) is 41.1 Å². The number of anilines is 1. The number of amides is 1. The Morgan fingerprint density at radius 2 is 2.00 bits per heavy atom. The van der Waals surface area contributed by atoms with Gasteiger partial charge in [-0.2, -0.15) is 11.3 Å². The standard InChI is InChI=1S/C17H17NO2S/c19-16(13-5-10-21-11-13)18-12-17(6-8-20-9-7-17)14-3-1-2-4-15(14)18/h1-5,10-11H,6-9,12H2. The number of ether oxygens (including phenoxy) is 1. The predicted octanol–water partition coefficient (Wildman–Crippen LogP) is 3.46. The molecule has 0 bridgehead atoms. The van der Waals surface area contributed by atoms with Gasteiger partial charge in [-0.15, -0.1) is 0 Å². The highest BCUT2D eigenvalue weighted by molar-refractivity contribution is 7.08. The van der Waals surface area contributed by atoms with E-state index in [1.165, 1.54) is 5.56 Å². The lowest BCUT2D eigenvalue weighted by molar-refractivity contribution is 0.0547. The second kappa shape index (κ2) is 4.97. The van der Waals surface area contributed by atoms with Gasteiger partial charge in [0.05, 0.1) is 5.56 Å². The van der Waals surface area contributed by atoms with Gasteiger partial charge in [0.25, 0.3) is 5.91 Å². The van der Waals surface area contributed by atoms with Gasteiger partial charge in [-0.1, -0.05) is 18.2 Å². The average Bonchev–Trinajstić information content (AvgIpc) is 3.16. The summed E-state index contributed by atoms with van der Waals surface area (Å²) < 4.78 is 5.54. The van der Waals surface area contributed by atoms with Crippen molar-refractivity contribution < 1.29 is 9.53 Å². The summed E-state index contributed by atoms with van der Waals surface area (Å²) in [6.45, 7) is 2.36. The fraction of sp³-hybridized carbons (Fsp3) is 0.353. The second-order valence-corrected chi connectivity index (χ2v) is 6.59. The van der Waals surface area contributed by atoms with E-state index in [1.807, 2.05) is 27.8 Å². The monoisotopic (exact) mass is 299 g/mol. The quantitative estimate of drug-likeness (QED) is 0.807. The lowest BCUT2D eigenvalue weighted by atomic mass is 9.76. The average molecular weight is 299 g/mol.